The molecule has 1 unspecified atom stereocenters. The van der Waals surface area contributed by atoms with Gasteiger partial charge in [-0.3, -0.25) is 9.67 Å². The molecule has 1 amide bonds. The number of fused-ring (bicyclic) bond motifs is 1. The first-order valence-corrected chi connectivity index (χ1v) is 10.4. The molecule has 4 rings (SSSR count). The lowest BCUT2D eigenvalue weighted by atomic mass is 9.98. The molecule has 2 aromatic heterocycles. The van der Waals surface area contributed by atoms with E-state index in [0.717, 1.165) is 33.8 Å². The van der Waals surface area contributed by atoms with Crippen molar-refractivity contribution in [2.24, 2.45) is 0 Å². The Morgan fingerprint density at radius 3 is 2.35 bits per heavy atom. The maximum atomic E-state index is 12.8. The minimum atomic E-state index is -0.541. The van der Waals surface area contributed by atoms with Gasteiger partial charge in [0, 0.05) is 30.1 Å². The zero-order chi connectivity index (χ0) is 22.2. The number of benzene rings is 1. The minimum absolute atomic E-state index is 0.0175. The second kappa shape index (κ2) is 8.06. The first kappa shape index (κ1) is 20.9. The van der Waals surface area contributed by atoms with E-state index in [1.807, 2.05) is 61.9 Å². The molecule has 0 fully saturated rings. The smallest absolute Gasteiger partial charge is 0.410 e. The molecule has 1 aliphatic heterocycles. The fourth-order valence-electron chi connectivity index (χ4n) is 3.87. The summed E-state index contributed by atoms with van der Waals surface area (Å²) >= 11 is 0. The van der Waals surface area contributed by atoms with Crippen LogP contribution in [0.4, 0.5) is 4.79 Å². The fourth-order valence-corrected chi connectivity index (χ4v) is 3.87. The first-order chi connectivity index (χ1) is 14.8. The molecule has 3 aromatic rings. The second-order valence-corrected chi connectivity index (χ2v) is 8.79. The molecule has 7 heteroatoms. The van der Waals surface area contributed by atoms with E-state index in [-0.39, 0.29) is 12.1 Å². The highest BCUT2D eigenvalue weighted by Crippen LogP contribution is 2.38. The summed E-state index contributed by atoms with van der Waals surface area (Å²) < 4.78 is 13.0. The summed E-state index contributed by atoms with van der Waals surface area (Å²) in [6.45, 7) is 8.69. The molecule has 0 radical (unpaired) electrons. The maximum Gasteiger partial charge on any atom is 0.410 e. The van der Waals surface area contributed by atoms with Crippen LogP contribution in [0.15, 0.2) is 48.8 Å². The summed E-state index contributed by atoms with van der Waals surface area (Å²) in [5, 5.41) is 4.98. The normalized spacial score (nSPS) is 16.0. The van der Waals surface area contributed by atoms with Crippen molar-refractivity contribution in [3.05, 3.63) is 54.5 Å². The average Bonchev–Trinajstić information content (AvgIpc) is 3.13. The topological polar surface area (TPSA) is 69.5 Å². The molecular weight excluding hydrogens is 392 g/mol. The average molecular weight is 421 g/mol. The van der Waals surface area contributed by atoms with Gasteiger partial charge in [0.1, 0.15) is 17.0 Å². The van der Waals surface area contributed by atoms with E-state index in [1.165, 1.54) is 0 Å². The van der Waals surface area contributed by atoms with Crippen molar-refractivity contribution in [1.29, 1.82) is 0 Å². The van der Waals surface area contributed by atoms with E-state index in [9.17, 15) is 4.79 Å². The van der Waals surface area contributed by atoms with E-state index in [1.54, 1.807) is 24.4 Å². The summed E-state index contributed by atoms with van der Waals surface area (Å²) in [5.74, 6) is 0.794. The highest BCUT2D eigenvalue weighted by atomic mass is 16.6. The van der Waals surface area contributed by atoms with Crippen molar-refractivity contribution >= 4 is 6.09 Å². The number of rotatable bonds is 3. The Morgan fingerprint density at radius 1 is 1.06 bits per heavy atom. The Hall–Kier alpha value is -3.35. The van der Waals surface area contributed by atoms with Crippen LogP contribution >= 0.6 is 0 Å². The number of aromatic nitrogens is 3. The van der Waals surface area contributed by atoms with Gasteiger partial charge in [-0.05, 0) is 69.7 Å². The molecule has 7 nitrogen and oxygen atoms in total. The Bertz CT molecular complexity index is 1070. The summed E-state index contributed by atoms with van der Waals surface area (Å²) in [4.78, 5) is 18.7. The molecule has 31 heavy (non-hydrogen) atoms. The molecule has 0 spiro atoms. The predicted octanol–water partition coefficient (Wildman–Crippen LogP) is 4.93. The van der Waals surface area contributed by atoms with Gasteiger partial charge in [0.05, 0.1) is 25.4 Å². The van der Waals surface area contributed by atoms with Gasteiger partial charge >= 0.3 is 6.09 Å². The summed E-state index contributed by atoms with van der Waals surface area (Å²) in [6.07, 6.45) is 3.24. The van der Waals surface area contributed by atoms with Crippen molar-refractivity contribution in [1.82, 2.24) is 19.7 Å². The van der Waals surface area contributed by atoms with Crippen LogP contribution in [0.1, 0.15) is 39.4 Å². The minimum Gasteiger partial charge on any atom is -0.497 e. The monoisotopic (exact) mass is 420 g/mol. The van der Waals surface area contributed by atoms with Gasteiger partial charge in [0.2, 0.25) is 0 Å². The number of nitrogens with zero attached hydrogens (tertiary/aromatic N) is 4. The van der Waals surface area contributed by atoms with E-state index in [0.29, 0.717) is 13.1 Å². The van der Waals surface area contributed by atoms with E-state index in [2.05, 4.69) is 11.9 Å². The number of amides is 1. The number of hydrogen-bond acceptors (Lipinski definition) is 5. The summed E-state index contributed by atoms with van der Waals surface area (Å²) in [6, 6.07) is 11.8. The largest absolute Gasteiger partial charge is 0.497 e. The molecule has 0 aliphatic carbocycles. The zero-order valence-electron chi connectivity index (χ0n) is 18.6. The number of pyridine rings is 1. The van der Waals surface area contributed by atoms with Crippen LogP contribution in [-0.4, -0.2) is 45.0 Å². The summed E-state index contributed by atoms with van der Waals surface area (Å²) in [5.41, 5.74) is 4.34. The van der Waals surface area contributed by atoms with Gasteiger partial charge in [0.25, 0.3) is 0 Å². The number of methoxy groups -OCH3 is 1. The Morgan fingerprint density at radius 2 is 1.74 bits per heavy atom. The van der Waals surface area contributed by atoms with E-state index >= 15 is 0 Å². The molecule has 3 heterocycles. The van der Waals surface area contributed by atoms with Crippen LogP contribution in [-0.2, 0) is 11.3 Å². The molecule has 162 valence electrons. The standard InChI is InChI=1S/C24H28N4O3/c1-16-14-27(23(29)31-24(2,3)4)15-20-21(17-10-12-25-13-11-17)22(26-28(16)20)18-6-8-19(30-5)9-7-18/h6-13,16H,14-15H2,1-5H3. The molecule has 0 N–H and O–H groups in total. The van der Waals surface area contributed by atoms with Gasteiger partial charge < -0.3 is 14.4 Å². The Labute approximate surface area is 182 Å². The predicted molar refractivity (Wildman–Crippen MR) is 119 cm³/mol. The highest BCUT2D eigenvalue weighted by Gasteiger charge is 2.33. The molecule has 1 aromatic carbocycles. The summed E-state index contributed by atoms with van der Waals surface area (Å²) in [7, 11) is 1.65. The van der Waals surface area contributed by atoms with Crippen molar-refractivity contribution in [2.45, 2.75) is 45.9 Å². The van der Waals surface area contributed by atoms with Gasteiger partial charge in [0.15, 0.2) is 0 Å². The lowest BCUT2D eigenvalue weighted by Crippen LogP contribution is -2.43. The van der Waals surface area contributed by atoms with Crippen LogP contribution in [0.5, 0.6) is 5.75 Å². The van der Waals surface area contributed by atoms with Crippen LogP contribution in [0.3, 0.4) is 0 Å². The highest BCUT2D eigenvalue weighted by molar-refractivity contribution is 5.83. The molecule has 1 atom stereocenters. The third-order valence-corrected chi connectivity index (χ3v) is 5.24. The van der Waals surface area contributed by atoms with Gasteiger partial charge in [-0.1, -0.05) is 0 Å². The third kappa shape index (κ3) is 4.26. The molecule has 0 bridgehead atoms. The van der Waals surface area contributed by atoms with Crippen molar-refractivity contribution in [2.75, 3.05) is 13.7 Å². The molecule has 0 saturated carbocycles. The van der Waals surface area contributed by atoms with Crippen molar-refractivity contribution < 1.29 is 14.3 Å². The third-order valence-electron chi connectivity index (χ3n) is 5.24. The maximum absolute atomic E-state index is 12.8. The number of carbonyl (C=O) groups excluding carboxylic acids is 1. The Balaban J connectivity index is 1.81. The van der Waals surface area contributed by atoms with Gasteiger partial charge in [-0.25, -0.2) is 4.79 Å². The molecular formula is C24H28N4O3. The van der Waals surface area contributed by atoms with Crippen LogP contribution in [0.25, 0.3) is 22.4 Å². The van der Waals surface area contributed by atoms with Crippen molar-refractivity contribution in [3.8, 4) is 28.1 Å². The van der Waals surface area contributed by atoms with E-state index in [4.69, 9.17) is 14.6 Å². The van der Waals surface area contributed by atoms with Crippen LogP contribution in [0.2, 0.25) is 0 Å². The molecule has 1 aliphatic rings. The lowest BCUT2D eigenvalue weighted by Gasteiger charge is -2.34. The number of ether oxygens (including phenoxy) is 2. The quantitative estimate of drug-likeness (QED) is 0.601. The van der Waals surface area contributed by atoms with Crippen LogP contribution < -0.4 is 4.74 Å². The Kier molecular flexibility index (Phi) is 5.43. The second-order valence-electron chi connectivity index (χ2n) is 8.79. The molecule has 0 saturated heterocycles. The fraction of sp³-hybridized carbons (Fsp3) is 0.375. The number of carbonyl (C=O) groups is 1. The van der Waals surface area contributed by atoms with E-state index < -0.39 is 5.60 Å². The van der Waals surface area contributed by atoms with Crippen molar-refractivity contribution in [3.63, 3.8) is 0 Å². The SMILES string of the molecule is COc1ccc(-c2nn3c(c2-c2ccncc2)CN(C(=O)OC(C)(C)C)CC3C)cc1. The number of hydrogen-bond donors (Lipinski definition) is 0. The van der Waals surface area contributed by atoms with Crippen LogP contribution in [0, 0.1) is 0 Å². The van der Waals surface area contributed by atoms with Gasteiger partial charge in [-0.2, -0.15) is 5.10 Å². The first-order valence-electron chi connectivity index (χ1n) is 10.4. The zero-order valence-corrected chi connectivity index (χ0v) is 18.6. The lowest BCUT2D eigenvalue weighted by molar-refractivity contribution is 0.0167. The van der Waals surface area contributed by atoms with Gasteiger partial charge in [-0.15, -0.1) is 0 Å².